The van der Waals surface area contributed by atoms with Crippen molar-refractivity contribution in [1.82, 2.24) is 5.32 Å². The maximum absolute atomic E-state index is 12.3. The van der Waals surface area contributed by atoms with E-state index in [-0.39, 0.29) is 18.1 Å². The Hall–Kier alpha value is -0.610. The Balaban J connectivity index is 2.85. The van der Waals surface area contributed by atoms with Crippen LogP contribution in [0.2, 0.25) is 0 Å². The van der Waals surface area contributed by atoms with Gasteiger partial charge in [0.25, 0.3) is 0 Å². The smallest absolute Gasteiger partial charge is 0.326 e. The van der Waals surface area contributed by atoms with Gasteiger partial charge in [0.05, 0.1) is 12.7 Å². The maximum Gasteiger partial charge on any atom is 0.326 e. The van der Waals surface area contributed by atoms with Crippen LogP contribution in [0.25, 0.3) is 0 Å². The molecule has 0 aromatic heterocycles. The highest BCUT2D eigenvalue weighted by atomic mass is 16.5. The van der Waals surface area contributed by atoms with Crippen molar-refractivity contribution in [3.05, 3.63) is 0 Å². The molecule has 1 aliphatic heterocycles. The minimum Gasteiger partial charge on any atom is -0.465 e. The first-order chi connectivity index (χ1) is 8.41. The third kappa shape index (κ3) is 3.69. The number of hydrogen-bond donors (Lipinski definition) is 1. The van der Waals surface area contributed by atoms with Crippen LogP contribution in [0.3, 0.4) is 0 Å². The first kappa shape index (κ1) is 15.4. The Kier molecular flexibility index (Phi) is 5.60. The monoisotopic (exact) mass is 257 g/mol. The van der Waals surface area contributed by atoms with Gasteiger partial charge in [-0.2, -0.15) is 0 Å². The number of rotatable bonds is 5. The summed E-state index contributed by atoms with van der Waals surface area (Å²) in [6, 6.07) is 0.250. The molecular formula is C14H27NO3. The van der Waals surface area contributed by atoms with Crippen LogP contribution in [-0.2, 0) is 14.3 Å². The molecule has 2 unspecified atom stereocenters. The van der Waals surface area contributed by atoms with E-state index in [0.717, 1.165) is 0 Å². The van der Waals surface area contributed by atoms with Crippen molar-refractivity contribution in [3.63, 3.8) is 0 Å². The summed E-state index contributed by atoms with van der Waals surface area (Å²) in [5, 5.41) is 3.41. The van der Waals surface area contributed by atoms with Crippen molar-refractivity contribution in [2.24, 2.45) is 5.92 Å². The minimum absolute atomic E-state index is 0.120. The highest BCUT2D eigenvalue weighted by molar-refractivity contribution is 5.81. The van der Waals surface area contributed by atoms with E-state index in [1.807, 2.05) is 6.92 Å². The van der Waals surface area contributed by atoms with Gasteiger partial charge in [-0.3, -0.25) is 10.1 Å². The van der Waals surface area contributed by atoms with Crippen LogP contribution in [0, 0.1) is 5.92 Å². The van der Waals surface area contributed by atoms with E-state index in [4.69, 9.17) is 9.47 Å². The lowest BCUT2D eigenvalue weighted by Crippen LogP contribution is -2.60. The Bertz CT molecular complexity index is 278. The second kappa shape index (κ2) is 6.53. The molecule has 0 radical (unpaired) electrons. The molecule has 0 spiro atoms. The molecule has 1 saturated heterocycles. The van der Waals surface area contributed by atoms with E-state index in [9.17, 15) is 4.79 Å². The zero-order valence-electron chi connectivity index (χ0n) is 12.3. The van der Waals surface area contributed by atoms with Crippen LogP contribution in [0.1, 0.15) is 47.5 Å². The molecule has 1 fully saturated rings. The summed E-state index contributed by atoms with van der Waals surface area (Å²) < 4.78 is 11.0. The van der Waals surface area contributed by atoms with Gasteiger partial charge in [0.1, 0.15) is 5.54 Å². The fourth-order valence-electron chi connectivity index (χ4n) is 2.51. The second-order valence-electron chi connectivity index (χ2n) is 5.71. The van der Waals surface area contributed by atoms with Crippen LogP contribution < -0.4 is 5.32 Å². The molecule has 106 valence electrons. The van der Waals surface area contributed by atoms with Gasteiger partial charge in [0.2, 0.25) is 0 Å². The maximum atomic E-state index is 12.3. The number of ether oxygens (including phenoxy) is 2. The fourth-order valence-corrected chi connectivity index (χ4v) is 2.51. The summed E-state index contributed by atoms with van der Waals surface area (Å²) in [5.74, 6) is 0.278. The quantitative estimate of drug-likeness (QED) is 0.766. The lowest BCUT2D eigenvalue weighted by atomic mass is 9.82. The van der Waals surface area contributed by atoms with E-state index in [1.54, 1.807) is 0 Å². The molecule has 1 N–H and O–H groups in total. The average Bonchev–Trinajstić information content (AvgIpc) is 2.28. The Morgan fingerprint density at radius 2 is 2.11 bits per heavy atom. The molecule has 0 aromatic rings. The van der Waals surface area contributed by atoms with Crippen molar-refractivity contribution in [3.8, 4) is 0 Å². The number of carbonyl (C=O) groups is 1. The summed E-state index contributed by atoms with van der Waals surface area (Å²) in [5.41, 5.74) is -0.572. The van der Waals surface area contributed by atoms with Gasteiger partial charge in [0, 0.05) is 19.1 Å². The summed E-state index contributed by atoms with van der Waals surface area (Å²) in [4.78, 5) is 12.3. The van der Waals surface area contributed by atoms with Crippen molar-refractivity contribution in [2.75, 3.05) is 13.2 Å². The standard InChI is InChI=1S/C14H27NO3/c1-6-17-13(16)14(15-11(4)5)7-8-18-12(9-14)10(2)3/h10-12,15H,6-9H2,1-5H3. The minimum atomic E-state index is -0.572. The number of esters is 1. The highest BCUT2D eigenvalue weighted by Gasteiger charge is 2.45. The van der Waals surface area contributed by atoms with E-state index in [0.29, 0.717) is 32.0 Å². The summed E-state index contributed by atoms with van der Waals surface area (Å²) in [6.07, 6.45) is 1.50. The molecule has 4 nitrogen and oxygen atoms in total. The molecule has 1 rings (SSSR count). The average molecular weight is 257 g/mol. The predicted molar refractivity (Wildman–Crippen MR) is 71.4 cm³/mol. The number of nitrogens with one attached hydrogen (secondary N) is 1. The number of carbonyl (C=O) groups excluding carboxylic acids is 1. The Morgan fingerprint density at radius 3 is 2.61 bits per heavy atom. The zero-order valence-corrected chi connectivity index (χ0v) is 12.3. The van der Waals surface area contributed by atoms with Crippen molar-refractivity contribution >= 4 is 5.97 Å². The summed E-state index contributed by atoms with van der Waals surface area (Å²) in [7, 11) is 0. The van der Waals surface area contributed by atoms with Crippen molar-refractivity contribution in [1.29, 1.82) is 0 Å². The zero-order chi connectivity index (χ0) is 13.8. The fraction of sp³-hybridized carbons (Fsp3) is 0.929. The molecule has 0 amide bonds. The van der Waals surface area contributed by atoms with Gasteiger partial charge in [-0.15, -0.1) is 0 Å². The van der Waals surface area contributed by atoms with Gasteiger partial charge in [0.15, 0.2) is 0 Å². The normalized spacial score (nSPS) is 28.7. The number of hydrogen-bond acceptors (Lipinski definition) is 4. The topological polar surface area (TPSA) is 47.6 Å². The van der Waals surface area contributed by atoms with E-state index in [2.05, 4.69) is 33.0 Å². The highest BCUT2D eigenvalue weighted by Crippen LogP contribution is 2.30. The SMILES string of the molecule is CCOC(=O)C1(NC(C)C)CCOC(C(C)C)C1. The van der Waals surface area contributed by atoms with E-state index in [1.165, 1.54) is 0 Å². The van der Waals surface area contributed by atoms with Crippen LogP contribution >= 0.6 is 0 Å². The summed E-state index contributed by atoms with van der Waals surface area (Å²) >= 11 is 0. The third-order valence-electron chi connectivity index (χ3n) is 3.39. The third-order valence-corrected chi connectivity index (χ3v) is 3.39. The second-order valence-corrected chi connectivity index (χ2v) is 5.71. The Morgan fingerprint density at radius 1 is 1.44 bits per heavy atom. The van der Waals surface area contributed by atoms with E-state index >= 15 is 0 Å². The first-order valence-electron chi connectivity index (χ1n) is 6.98. The van der Waals surface area contributed by atoms with Crippen LogP contribution in [-0.4, -0.2) is 36.9 Å². The molecule has 0 saturated carbocycles. The van der Waals surface area contributed by atoms with Gasteiger partial charge in [-0.1, -0.05) is 13.8 Å². The lowest BCUT2D eigenvalue weighted by molar-refractivity contribution is -0.160. The van der Waals surface area contributed by atoms with E-state index < -0.39 is 5.54 Å². The molecular weight excluding hydrogens is 230 g/mol. The summed E-state index contributed by atoms with van der Waals surface area (Å²) in [6.45, 7) is 11.2. The van der Waals surface area contributed by atoms with Crippen molar-refractivity contribution in [2.45, 2.75) is 65.1 Å². The molecule has 0 bridgehead atoms. The van der Waals surface area contributed by atoms with Gasteiger partial charge in [-0.25, -0.2) is 0 Å². The molecule has 0 aliphatic carbocycles. The molecule has 1 aliphatic rings. The molecule has 18 heavy (non-hydrogen) atoms. The Labute approximate surface area is 110 Å². The van der Waals surface area contributed by atoms with Crippen LogP contribution in [0.4, 0.5) is 0 Å². The lowest BCUT2D eigenvalue weighted by Gasteiger charge is -2.42. The van der Waals surface area contributed by atoms with Crippen LogP contribution in [0.5, 0.6) is 0 Å². The van der Waals surface area contributed by atoms with Crippen LogP contribution in [0.15, 0.2) is 0 Å². The van der Waals surface area contributed by atoms with Gasteiger partial charge >= 0.3 is 5.97 Å². The first-order valence-corrected chi connectivity index (χ1v) is 6.98. The van der Waals surface area contributed by atoms with Gasteiger partial charge in [-0.05, 0) is 33.1 Å². The largest absolute Gasteiger partial charge is 0.465 e. The molecule has 0 aromatic carbocycles. The molecule has 2 atom stereocenters. The van der Waals surface area contributed by atoms with Crippen molar-refractivity contribution < 1.29 is 14.3 Å². The molecule has 4 heteroatoms. The predicted octanol–water partition coefficient (Wildman–Crippen LogP) is 2.12. The molecule has 1 heterocycles. The van der Waals surface area contributed by atoms with Gasteiger partial charge < -0.3 is 9.47 Å².